The third-order valence-electron chi connectivity index (χ3n) is 2.58. The molecule has 1 aliphatic heterocycles. The number of nitrogens with zero attached hydrogens (tertiary/aromatic N) is 1. The lowest BCUT2D eigenvalue weighted by molar-refractivity contribution is -0.135. The van der Waals surface area contributed by atoms with E-state index in [-0.39, 0.29) is 11.3 Å². The molecule has 4 heteroatoms. The molecule has 0 N–H and O–H groups in total. The molecule has 0 aromatic carbocycles. The van der Waals surface area contributed by atoms with Crippen molar-refractivity contribution in [2.75, 3.05) is 13.3 Å². The zero-order valence-electron chi connectivity index (χ0n) is 7.80. The summed E-state index contributed by atoms with van der Waals surface area (Å²) in [7, 11) is 1.65. The molecule has 1 aliphatic rings. The van der Waals surface area contributed by atoms with Crippen LogP contribution in [0.1, 0.15) is 13.8 Å². The van der Waals surface area contributed by atoms with Gasteiger partial charge >= 0.3 is 0 Å². The van der Waals surface area contributed by atoms with Gasteiger partial charge in [0.2, 0.25) is 0 Å². The highest BCUT2D eigenvalue weighted by Crippen LogP contribution is 2.37. The third-order valence-corrected chi connectivity index (χ3v) is 3.92. The molecule has 1 amide bonds. The molecule has 1 saturated heterocycles. The van der Waals surface area contributed by atoms with Gasteiger partial charge in [-0.15, -0.1) is 0 Å². The molecule has 0 radical (unpaired) electrons. The number of hydrogen-bond acceptors (Lipinski definition) is 2. The molecular formula is C8H14FNOS. The predicted molar refractivity (Wildman–Crippen MR) is 49.0 cm³/mol. The molecule has 2 nitrogen and oxygen atoms in total. The Bertz CT molecular complexity index is 207. The summed E-state index contributed by atoms with van der Waals surface area (Å²) in [6, 6.07) is -0.0116. The van der Waals surface area contributed by atoms with Gasteiger partial charge in [0.15, 0.2) is 5.67 Å². The van der Waals surface area contributed by atoms with Crippen molar-refractivity contribution >= 4 is 17.7 Å². The fourth-order valence-electron chi connectivity index (χ4n) is 1.73. The van der Waals surface area contributed by atoms with Crippen LogP contribution >= 0.6 is 11.8 Å². The molecule has 1 rings (SSSR count). The normalized spacial score (nSPS) is 42.4. The highest BCUT2D eigenvalue weighted by atomic mass is 32.2. The van der Waals surface area contributed by atoms with Gasteiger partial charge in [-0.25, -0.2) is 4.39 Å². The van der Waals surface area contributed by atoms with Crippen molar-refractivity contribution in [1.82, 2.24) is 4.90 Å². The first kappa shape index (κ1) is 9.84. The van der Waals surface area contributed by atoms with Gasteiger partial charge in [0.1, 0.15) is 0 Å². The van der Waals surface area contributed by atoms with E-state index >= 15 is 0 Å². The van der Waals surface area contributed by atoms with E-state index in [2.05, 4.69) is 0 Å². The van der Waals surface area contributed by atoms with Crippen molar-refractivity contribution in [2.24, 2.45) is 0 Å². The van der Waals surface area contributed by atoms with Crippen molar-refractivity contribution in [3.63, 3.8) is 0 Å². The second kappa shape index (κ2) is 2.91. The number of thioether (sulfide) groups is 1. The second-order valence-electron chi connectivity index (χ2n) is 3.39. The summed E-state index contributed by atoms with van der Waals surface area (Å²) in [5.41, 5.74) is -1.69. The van der Waals surface area contributed by atoms with E-state index in [1.54, 1.807) is 7.05 Å². The lowest BCUT2D eigenvalue weighted by Gasteiger charge is -2.20. The number of likely N-dealkylation sites (tertiary alicyclic amines) is 1. The molecule has 1 heterocycles. The Hall–Kier alpha value is -0.250. The smallest absolute Gasteiger partial charge is 0.261 e. The van der Waals surface area contributed by atoms with Crippen LogP contribution < -0.4 is 0 Å². The van der Waals surface area contributed by atoms with Gasteiger partial charge in [0, 0.05) is 13.1 Å². The fourth-order valence-corrected chi connectivity index (χ4v) is 2.85. The number of carbonyl (C=O) groups excluding carboxylic acids is 1. The van der Waals surface area contributed by atoms with Crippen LogP contribution in [-0.4, -0.2) is 41.1 Å². The molecular weight excluding hydrogens is 177 g/mol. The van der Waals surface area contributed by atoms with Crippen LogP contribution in [0.5, 0.6) is 0 Å². The summed E-state index contributed by atoms with van der Waals surface area (Å²) >= 11 is 1.42. The van der Waals surface area contributed by atoms with Crippen molar-refractivity contribution in [3.8, 4) is 0 Å². The molecule has 3 atom stereocenters. The number of rotatable bonds is 1. The van der Waals surface area contributed by atoms with Crippen molar-refractivity contribution < 1.29 is 9.18 Å². The van der Waals surface area contributed by atoms with Crippen LogP contribution in [0.4, 0.5) is 4.39 Å². The minimum atomic E-state index is -1.69. The number of carbonyl (C=O) groups is 1. The Balaban J connectivity index is 2.96. The van der Waals surface area contributed by atoms with Gasteiger partial charge in [0.05, 0.1) is 5.25 Å². The van der Waals surface area contributed by atoms with Crippen LogP contribution in [0.15, 0.2) is 0 Å². The molecule has 12 heavy (non-hydrogen) atoms. The van der Waals surface area contributed by atoms with Crippen LogP contribution in [-0.2, 0) is 4.79 Å². The molecule has 0 spiro atoms. The minimum Gasteiger partial charge on any atom is -0.339 e. The molecule has 0 aliphatic carbocycles. The molecule has 0 saturated carbocycles. The van der Waals surface area contributed by atoms with Gasteiger partial charge < -0.3 is 4.90 Å². The summed E-state index contributed by atoms with van der Waals surface area (Å²) in [6.07, 6.45) is 1.84. The molecule has 0 aromatic rings. The van der Waals surface area contributed by atoms with Gasteiger partial charge in [-0.1, -0.05) is 0 Å². The summed E-state index contributed by atoms with van der Waals surface area (Å²) in [5, 5.41) is -0.241. The van der Waals surface area contributed by atoms with Gasteiger partial charge in [0.25, 0.3) is 5.91 Å². The molecule has 0 aromatic heterocycles. The van der Waals surface area contributed by atoms with E-state index in [1.165, 1.54) is 23.6 Å². The van der Waals surface area contributed by atoms with Crippen LogP contribution in [0, 0.1) is 0 Å². The second-order valence-corrected chi connectivity index (χ2v) is 4.37. The lowest BCUT2D eigenvalue weighted by Crippen LogP contribution is -2.36. The SMILES string of the molecule is CSC1C(C)N(C)C(=O)C1(C)F. The average molecular weight is 191 g/mol. The Kier molecular flexibility index (Phi) is 2.38. The average Bonchev–Trinajstić information content (AvgIpc) is 2.13. The zero-order chi connectivity index (χ0) is 9.52. The van der Waals surface area contributed by atoms with Crippen LogP contribution in [0.25, 0.3) is 0 Å². The maximum atomic E-state index is 13.8. The van der Waals surface area contributed by atoms with Gasteiger partial charge in [-0.05, 0) is 20.1 Å². The molecule has 3 unspecified atom stereocenters. The van der Waals surface area contributed by atoms with E-state index in [4.69, 9.17) is 0 Å². The highest BCUT2D eigenvalue weighted by molar-refractivity contribution is 7.99. The van der Waals surface area contributed by atoms with E-state index in [0.29, 0.717) is 0 Å². The topological polar surface area (TPSA) is 20.3 Å². The Morgan fingerprint density at radius 3 is 2.33 bits per heavy atom. The minimum absolute atomic E-state index is 0.0116. The van der Waals surface area contributed by atoms with Gasteiger partial charge in [-0.2, -0.15) is 11.8 Å². The van der Waals surface area contributed by atoms with E-state index < -0.39 is 11.6 Å². The van der Waals surface area contributed by atoms with Gasteiger partial charge in [-0.3, -0.25) is 4.79 Å². The summed E-state index contributed by atoms with van der Waals surface area (Å²) < 4.78 is 13.8. The molecule has 70 valence electrons. The first-order valence-corrected chi connectivity index (χ1v) is 5.20. The van der Waals surface area contributed by atoms with Crippen LogP contribution in [0.2, 0.25) is 0 Å². The quantitative estimate of drug-likeness (QED) is 0.623. The van der Waals surface area contributed by atoms with E-state index in [0.717, 1.165) is 0 Å². The number of halogens is 1. The first-order valence-electron chi connectivity index (χ1n) is 3.92. The maximum absolute atomic E-state index is 13.8. The van der Waals surface area contributed by atoms with Crippen molar-refractivity contribution in [1.29, 1.82) is 0 Å². The fraction of sp³-hybridized carbons (Fsp3) is 0.875. The Morgan fingerprint density at radius 1 is 1.67 bits per heavy atom. The number of alkyl halides is 1. The Morgan fingerprint density at radius 2 is 2.17 bits per heavy atom. The number of amides is 1. The maximum Gasteiger partial charge on any atom is 0.261 e. The predicted octanol–water partition coefficient (Wildman–Crippen LogP) is 1.31. The Labute approximate surface area is 76.5 Å². The highest BCUT2D eigenvalue weighted by Gasteiger charge is 2.54. The monoisotopic (exact) mass is 191 g/mol. The molecule has 0 bridgehead atoms. The largest absolute Gasteiger partial charge is 0.339 e. The zero-order valence-corrected chi connectivity index (χ0v) is 8.61. The van der Waals surface area contributed by atoms with Crippen molar-refractivity contribution in [3.05, 3.63) is 0 Å². The van der Waals surface area contributed by atoms with E-state index in [9.17, 15) is 9.18 Å². The van der Waals surface area contributed by atoms with Crippen molar-refractivity contribution in [2.45, 2.75) is 30.8 Å². The summed E-state index contributed by atoms with van der Waals surface area (Å²) in [6.45, 7) is 3.25. The standard InChI is InChI=1S/C8H14FNOS/c1-5-6(12-4)8(2,9)7(11)10(5)3/h5-6H,1-4H3. The number of hydrogen-bond donors (Lipinski definition) is 0. The van der Waals surface area contributed by atoms with Crippen LogP contribution in [0.3, 0.4) is 0 Å². The van der Waals surface area contributed by atoms with E-state index in [1.807, 2.05) is 13.2 Å². The summed E-state index contributed by atoms with van der Waals surface area (Å²) in [5.74, 6) is -0.394. The first-order chi connectivity index (χ1) is 5.42. The third kappa shape index (κ3) is 1.13. The summed E-state index contributed by atoms with van der Waals surface area (Å²) in [4.78, 5) is 12.8. The molecule has 1 fully saturated rings. The lowest BCUT2D eigenvalue weighted by atomic mass is 10.0.